The number of nitrogens with two attached hydrogens (primary N) is 1. The van der Waals surface area contributed by atoms with Crippen LogP contribution in [0.15, 0.2) is 29.4 Å². The Kier molecular flexibility index (Phi) is 4.62. The normalized spacial score (nSPS) is 11.5. The van der Waals surface area contributed by atoms with Crippen molar-refractivity contribution in [1.82, 2.24) is 0 Å². The fraction of sp³-hybridized carbons (Fsp3) is 0.273. The highest BCUT2D eigenvalue weighted by molar-refractivity contribution is 5.58. The Hall–Kier alpha value is -2.14. The number of anilines is 1. The van der Waals surface area contributed by atoms with Gasteiger partial charge in [0, 0.05) is 17.1 Å². The van der Waals surface area contributed by atoms with Gasteiger partial charge in [-0.15, -0.1) is 0 Å². The number of hydrogen-bond acceptors (Lipinski definition) is 2. The number of azide groups is 1. The van der Waals surface area contributed by atoms with Gasteiger partial charge in [-0.3, -0.25) is 0 Å². The van der Waals surface area contributed by atoms with Crippen molar-refractivity contribution in [1.29, 1.82) is 0 Å². The first-order valence-electron chi connectivity index (χ1n) is 5.08. The summed E-state index contributed by atoms with van der Waals surface area (Å²) in [5, 5.41) is 3.30. The van der Waals surface area contributed by atoms with Gasteiger partial charge in [0.15, 0.2) is 0 Å². The number of benzene rings is 1. The van der Waals surface area contributed by atoms with Gasteiger partial charge >= 0.3 is 6.18 Å². The third-order valence-corrected chi connectivity index (χ3v) is 2.07. The summed E-state index contributed by atoms with van der Waals surface area (Å²) in [5.41, 5.74) is 13.1. The Balaban J connectivity index is 2.83. The summed E-state index contributed by atoms with van der Waals surface area (Å²) in [6.45, 7) is 0.265. The van der Waals surface area contributed by atoms with Crippen molar-refractivity contribution in [3.8, 4) is 0 Å². The predicted molar refractivity (Wildman–Crippen MR) is 63.5 cm³/mol. The quantitative estimate of drug-likeness (QED) is 0.285. The zero-order valence-corrected chi connectivity index (χ0v) is 9.35. The van der Waals surface area contributed by atoms with E-state index in [4.69, 9.17) is 11.3 Å². The second-order valence-corrected chi connectivity index (χ2v) is 3.53. The first kappa shape index (κ1) is 13.9. The Morgan fingerprint density at radius 2 is 2.06 bits per heavy atom. The maximum absolute atomic E-state index is 12.5. The van der Waals surface area contributed by atoms with Crippen molar-refractivity contribution in [2.24, 2.45) is 5.11 Å². The van der Waals surface area contributed by atoms with E-state index in [-0.39, 0.29) is 12.2 Å². The number of hydrogen-bond donors (Lipinski definition) is 1. The van der Waals surface area contributed by atoms with Crippen molar-refractivity contribution in [2.45, 2.75) is 12.6 Å². The van der Waals surface area contributed by atoms with E-state index in [1.165, 1.54) is 12.1 Å². The van der Waals surface area contributed by atoms with E-state index < -0.39 is 11.7 Å². The maximum atomic E-state index is 12.5. The summed E-state index contributed by atoms with van der Waals surface area (Å²) in [6, 6.07) is 3.34. The SMILES string of the molecule is [N-]=[N+]=NCCC=Cc1cc(N)cc(C(F)(F)F)c1. The molecule has 0 radical (unpaired) electrons. The first-order valence-corrected chi connectivity index (χ1v) is 5.08. The molecule has 0 spiro atoms. The highest BCUT2D eigenvalue weighted by Gasteiger charge is 2.30. The number of rotatable bonds is 4. The summed E-state index contributed by atoms with van der Waals surface area (Å²) in [5.74, 6) is 0. The highest BCUT2D eigenvalue weighted by atomic mass is 19.4. The lowest BCUT2D eigenvalue weighted by molar-refractivity contribution is -0.137. The lowest BCUT2D eigenvalue weighted by atomic mass is 10.1. The molecule has 1 aromatic rings. The van der Waals surface area contributed by atoms with Crippen LogP contribution in [-0.2, 0) is 6.18 Å². The van der Waals surface area contributed by atoms with E-state index in [1.54, 1.807) is 6.08 Å². The van der Waals surface area contributed by atoms with E-state index >= 15 is 0 Å². The Morgan fingerprint density at radius 1 is 1.33 bits per heavy atom. The summed E-state index contributed by atoms with van der Waals surface area (Å²) in [4.78, 5) is 2.56. The van der Waals surface area contributed by atoms with Gasteiger partial charge in [-0.2, -0.15) is 13.2 Å². The molecular formula is C11H11F3N4. The molecule has 0 aromatic heterocycles. The van der Waals surface area contributed by atoms with Crippen LogP contribution < -0.4 is 5.73 Å². The van der Waals surface area contributed by atoms with Gasteiger partial charge in [0.1, 0.15) is 0 Å². The molecule has 0 bridgehead atoms. The standard InChI is InChI=1S/C11H11F3N4/c12-11(13,14)9-5-8(6-10(15)7-9)3-1-2-4-17-18-16/h1,3,5-7H,2,4,15H2. The molecule has 0 aliphatic rings. The predicted octanol–water partition coefficient (Wildman–Crippen LogP) is 4.00. The van der Waals surface area contributed by atoms with Crippen LogP contribution in [-0.4, -0.2) is 6.54 Å². The van der Waals surface area contributed by atoms with Crippen LogP contribution in [0.25, 0.3) is 16.5 Å². The van der Waals surface area contributed by atoms with Crippen LogP contribution in [0.5, 0.6) is 0 Å². The zero-order valence-electron chi connectivity index (χ0n) is 9.35. The van der Waals surface area contributed by atoms with E-state index in [0.717, 1.165) is 12.1 Å². The first-order chi connectivity index (χ1) is 8.43. The molecule has 96 valence electrons. The topological polar surface area (TPSA) is 74.8 Å². The van der Waals surface area contributed by atoms with Crippen LogP contribution in [0.3, 0.4) is 0 Å². The fourth-order valence-corrected chi connectivity index (χ4v) is 1.33. The van der Waals surface area contributed by atoms with Crippen molar-refractivity contribution < 1.29 is 13.2 Å². The Morgan fingerprint density at radius 3 is 2.67 bits per heavy atom. The molecule has 0 unspecified atom stereocenters. The zero-order chi connectivity index (χ0) is 13.6. The summed E-state index contributed by atoms with van der Waals surface area (Å²) in [6.07, 6.45) is -0.814. The number of nitrogen functional groups attached to an aromatic ring is 1. The molecule has 0 heterocycles. The van der Waals surface area contributed by atoms with Gasteiger partial charge in [0.2, 0.25) is 0 Å². The molecule has 0 atom stereocenters. The molecule has 1 aromatic carbocycles. The molecule has 0 saturated carbocycles. The van der Waals surface area contributed by atoms with Gasteiger partial charge in [0.05, 0.1) is 5.56 Å². The van der Waals surface area contributed by atoms with E-state index in [0.29, 0.717) is 12.0 Å². The second kappa shape index (κ2) is 5.97. The van der Waals surface area contributed by atoms with Crippen molar-refractivity contribution >= 4 is 11.8 Å². The Labute approximate surface area is 102 Å². The minimum atomic E-state index is -4.41. The highest BCUT2D eigenvalue weighted by Crippen LogP contribution is 2.31. The summed E-state index contributed by atoms with van der Waals surface area (Å²) in [7, 11) is 0. The third kappa shape index (κ3) is 4.39. The monoisotopic (exact) mass is 256 g/mol. The van der Waals surface area contributed by atoms with Gasteiger partial charge in [-0.1, -0.05) is 17.3 Å². The number of nitrogens with zero attached hydrogens (tertiary/aromatic N) is 3. The van der Waals surface area contributed by atoms with E-state index in [1.807, 2.05) is 0 Å². The molecule has 0 aliphatic heterocycles. The lowest BCUT2D eigenvalue weighted by Gasteiger charge is -2.08. The molecular weight excluding hydrogens is 245 g/mol. The van der Waals surface area contributed by atoms with E-state index in [9.17, 15) is 13.2 Å². The molecule has 0 amide bonds. The van der Waals surface area contributed by atoms with Crippen LogP contribution in [0.1, 0.15) is 17.5 Å². The molecule has 2 N–H and O–H groups in total. The summed E-state index contributed by atoms with van der Waals surface area (Å²) < 4.78 is 37.5. The molecule has 0 aliphatic carbocycles. The number of alkyl halides is 3. The van der Waals surface area contributed by atoms with Crippen molar-refractivity contribution in [2.75, 3.05) is 12.3 Å². The smallest absolute Gasteiger partial charge is 0.399 e. The minimum Gasteiger partial charge on any atom is -0.399 e. The molecule has 18 heavy (non-hydrogen) atoms. The largest absolute Gasteiger partial charge is 0.416 e. The van der Waals surface area contributed by atoms with Gasteiger partial charge < -0.3 is 5.73 Å². The van der Waals surface area contributed by atoms with Gasteiger partial charge in [0.25, 0.3) is 0 Å². The lowest BCUT2D eigenvalue weighted by Crippen LogP contribution is -2.06. The van der Waals surface area contributed by atoms with Gasteiger partial charge in [-0.05, 0) is 35.7 Å². The van der Waals surface area contributed by atoms with Crippen molar-refractivity contribution in [3.63, 3.8) is 0 Å². The average molecular weight is 256 g/mol. The molecule has 1 rings (SSSR count). The molecule has 4 nitrogen and oxygen atoms in total. The van der Waals surface area contributed by atoms with E-state index in [2.05, 4.69) is 10.0 Å². The molecule has 7 heteroatoms. The fourth-order valence-electron chi connectivity index (χ4n) is 1.33. The van der Waals surface area contributed by atoms with Crippen LogP contribution in [0, 0.1) is 0 Å². The third-order valence-electron chi connectivity index (χ3n) is 2.07. The van der Waals surface area contributed by atoms with Crippen LogP contribution in [0.2, 0.25) is 0 Å². The average Bonchev–Trinajstić information content (AvgIpc) is 2.27. The number of halogens is 3. The van der Waals surface area contributed by atoms with Crippen LogP contribution in [0.4, 0.5) is 18.9 Å². The Bertz CT molecular complexity index is 488. The maximum Gasteiger partial charge on any atom is 0.416 e. The molecule has 0 fully saturated rings. The molecule has 0 saturated heterocycles. The second-order valence-electron chi connectivity index (χ2n) is 3.53. The van der Waals surface area contributed by atoms with Crippen molar-refractivity contribution in [3.05, 3.63) is 45.8 Å². The summed E-state index contributed by atoms with van der Waals surface area (Å²) >= 11 is 0. The van der Waals surface area contributed by atoms with Gasteiger partial charge in [-0.25, -0.2) is 0 Å². The van der Waals surface area contributed by atoms with Crippen LogP contribution >= 0.6 is 0 Å². The minimum absolute atomic E-state index is 0.0551.